The quantitative estimate of drug-likeness (QED) is 0.933. The number of amides is 1. The van der Waals surface area contributed by atoms with Crippen molar-refractivity contribution < 1.29 is 4.79 Å². The third kappa shape index (κ3) is 3.30. The van der Waals surface area contributed by atoms with E-state index in [1.807, 2.05) is 6.07 Å². The Morgan fingerprint density at radius 3 is 2.79 bits per heavy atom. The van der Waals surface area contributed by atoms with Gasteiger partial charge in [0.25, 0.3) is 5.91 Å². The van der Waals surface area contributed by atoms with Gasteiger partial charge in [-0.25, -0.2) is 0 Å². The Kier molecular flexibility index (Phi) is 4.11. The number of carbonyl (C=O) groups excluding carboxylic acids is 1. The van der Waals surface area contributed by atoms with Gasteiger partial charge in [-0.1, -0.05) is 23.7 Å². The lowest BCUT2D eigenvalue weighted by Crippen LogP contribution is -2.28. The van der Waals surface area contributed by atoms with Gasteiger partial charge in [-0.15, -0.1) is 0 Å². The van der Waals surface area contributed by atoms with E-state index < -0.39 is 6.04 Å². The van der Waals surface area contributed by atoms with E-state index in [-0.39, 0.29) is 5.91 Å². The van der Waals surface area contributed by atoms with Crippen molar-refractivity contribution in [3.8, 4) is 6.07 Å². The van der Waals surface area contributed by atoms with E-state index in [9.17, 15) is 4.79 Å². The standard InChI is InChI=1S/C14H10ClN3O/c15-11-5-3-4-10(8-11)14(19)18-13(9-16)12-6-1-2-7-17-12/h1-8,13H,(H,18,19). The predicted molar refractivity (Wildman–Crippen MR) is 71.5 cm³/mol. The summed E-state index contributed by atoms with van der Waals surface area (Å²) in [4.78, 5) is 16.0. The van der Waals surface area contributed by atoms with Gasteiger partial charge in [0.15, 0.2) is 6.04 Å². The maximum Gasteiger partial charge on any atom is 0.252 e. The first-order valence-corrected chi connectivity index (χ1v) is 5.95. The molecular weight excluding hydrogens is 262 g/mol. The molecular formula is C14H10ClN3O. The van der Waals surface area contributed by atoms with Crippen molar-refractivity contribution in [1.82, 2.24) is 10.3 Å². The van der Waals surface area contributed by atoms with Crippen LogP contribution in [0.15, 0.2) is 48.7 Å². The minimum Gasteiger partial charge on any atom is -0.331 e. The number of pyridine rings is 1. The number of aromatic nitrogens is 1. The van der Waals surface area contributed by atoms with Gasteiger partial charge >= 0.3 is 0 Å². The number of rotatable bonds is 3. The lowest BCUT2D eigenvalue weighted by Gasteiger charge is -2.11. The summed E-state index contributed by atoms with van der Waals surface area (Å²) in [5.41, 5.74) is 0.907. The molecule has 94 valence electrons. The highest BCUT2D eigenvalue weighted by Crippen LogP contribution is 2.13. The molecule has 2 rings (SSSR count). The molecule has 1 aromatic carbocycles. The van der Waals surface area contributed by atoms with Gasteiger partial charge < -0.3 is 5.32 Å². The maximum absolute atomic E-state index is 12.0. The second-order valence-electron chi connectivity index (χ2n) is 3.80. The number of halogens is 1. The van der Waals surface area contributed by atoms with Crippen LogP contribution < -0.4 is 5.32 Å². The van der Waals surface area contributed by atoms with Gasteiger partial charge in [0.05, 0.1) is 11.8 Å². The van der Waals surface area contributed by atoms with Crippen molar-refractivity contribution in [2.24, 2.45) is 0 Å². The minimum atomic E-state index is -0.785. The lowest BCUT2D eigenvalue weighted by molar-refractivity contribution is 0.0944. The Morgan fingerprint density at radius 1 is 1.32 bits per heavy atom. The van der Waals surface area contributed by atoms with Crippen LogP contribution in [0.2, 0.25) is 5.02 Å². The van der Waals surface area contributed by atoms with Crippen LogP contribution in [0.5, 0.6) is 0 Å². The molecule has 4 nitrogen and oxygen atoms in total. The van der Waals surface area contributed by atoms with Crippen LogP contribution in [0.25, 0.3) is 0 Å². The lowest BCUT2D eigenvalue weighted by atomic mass is 10.1. The number of nitrogens with zero attached hydrogens (tertiary/aromatic N) is 2. The van der Waals surface area contributed by atoms with Crippen molar-refractivity contribution in [3.63, 3.8) is 0 Å². The molecule has 1 aromatic heterocycles. The van der Waals surface area contributed by atoms with Crippen molar-refractivity contribution in [3.05, 3.63) is 64.9 Å². The molecule has 0 fully saturated rings. The van der Waals surface area contributed by atoms with Gasteiger partial charge in [-0.3, -0.25) is 9.78 Å². The number of carbonyl (C=O) groups is 1. The molecule has 0 radical (unpaired) electrons. The highest BCUT2D eigenvalue weighted by molar-refractivity contribution is 6.30. The van der Waals surface area contributed by atoms with Crippen LogP contribution >= 0.6 is 11.6 Å². The smallest absolute Gasteiger partial charge is 0.252 e. The van der Waals surface area contributed by atoms with E-state index in [0.717, 1.165) is 0 Å². The van der Waals surface area contributed by atoms with E-state index in [1.165, 1.54) is 0 Å². The molecule has 0 aliphatic heterocycles. The zero-order valence-corrected chi connectivity index (χ0v) is 10.6. The highest BCUT2D eigenvalue weighted by Gasteiger charge is 2.15. The molecule has 0 aliphatic rings. The van der Waals surface area contributed by atoms with Crippen molar-refractivity contribution in [2.75, 3.05) is 0 Å². The topological polar surface area (TPSA) is 65.8 Å². The average Bonchev–Trinajstić information content (AvgIpc) is 2.45. The van der Waals surface area contributed by atoms with Crippen LogP contribution in [-0.2, 0) is 0 Å². The molecule has 0 saturated heterocycles. The molecule has 1 unspecified atom stereocenters. The van der Waals surface area contributed by atoms with Gasteiger partial charge in [-0.05, 0) is 30.3 Å². The molecule has 0 saturated carbocycles. The van der Waals surface area contributed by atoms with Crippen LogP contribution in [0.1, 0.15) is 22.1 Å². The van der Waals surface area contributed by atoms with Crippen LogP contribution in [-0.4, -0.2) is 10.9 Å². The van der Waals surface area contributed by atoms with Gasteiger partial charge in [-0.2, -0.15) is 5.26 Å². The second kappa shape index (κ2) is 5.98. The summed E-state index contributed by atoms with van der Waals surface area (Å²) in [7, 11) is 0. The van der Waals surface area contributed by atoms with Gasteiger partial charge in [0.1, 0.15) is 0 Å². The van der Waals surface area contributed by atoms with Crippen molar-refractivity contribution in [1.29, 1.82) is 5.26 Å². The molecule has 2 aromatic rings. The molecule has 1 amide bonds. The Morgan fingerprint density at radius 2 is 2.16 bits per heavy atom. The van der Waals surface area contributed by atoms with Crippen LogP contribution in [0.3, 0.4) is 0 Å². The summed E-state index contributed by atoms with van der Waals surface area (Å²) in [6.45, 7) is 0. The zero-order valence-electron chi connectivity index (χ0n) is 9.88. The predicted octanol–water partition coefficient (Wildman–Crippen LogP) is 2.73. The fourth-order valence-corrected chi connectivity index (χ4v) is 1.75. The fraction of sp³-hybridized carbons (Fsp3) is 0.0714. The second-order valence-corrected chi connectivity index (χ2v) is 4.24. The number of nitrogens with one attached hydrogen (secondary N) is 1. The first-order chi connectivity index (χ1) is 9.20. The molecule has 0 bridgehead atoms. The Labute approximate surface area is 115 Å². The molecule has 1 heterocycles. The van der Waals surface area contributed by atoms with Crippen molar-refractivity contribution >= 4 is 17.5 Å². The summed E-state index contributed by atoms with van der Waals surface area (Å²) in [5, 5.41) is 12.2. The summed E-state index contributed by atoms with van der Waals surface area (Å²) >= 11 is 5.82. The highest BCUT2D eigenvalue weighted by atomic mass is 35.5. The third-order valence-electron chi connectivity index (χ3n) is 2.47. The molecule has 5 heteroatoms. The van der Waals surface area contributed by atoms with E-state index in [1.54, 1.807) is 48.7 Å². The van der Waals surface area contributed by atoms with E-state index in [0.29, 0.717) is 16.3 Å². The molecule has 19 heavy (non-hydrogen) atoms. The number of nitriles is 1. The molecule has 1 atom stereocenters. The first kappa shape index (κ1) is 13.1. The largest absolute Gasteiger partial charge is 0.331 e. The summed E-state index contributed by atoms with van der Waals surface area (Å²) in [6.07, 6.45) is 1.57. The normalized spacial score (nSPS) is 11.4. The van der Waals surface area contributed by atoms with E-state index >= 15 is 0 Å². The van der Waals surface area contributed by atoms with E-state index in [4.69, 9.17) is 16.9 Å². The van der Waals surface area contributed by atoms with Crippen LogP contribution in [0, 0.1) is 11.3 Å². The Bertz CT molecular complexity index is 622. The number of hydrogen-bond donors (Lipinski definition) is 1. The summed E-state index contributed by atoms with van der Waals surface area (Å²) < 4.78 is 0. The monoisotopic (exact) mass is 271 g/mol. The van der Waals surface area contributed by atoms with E-state index in [2.05, 4.69) is 10.3 Å². The molecule has 0 spiro atoms. The average molecular weight is 272 g/mol. The van der Waals surface area contributed by atoms with Crippen LogP contribution in [0.4, 0.5) is 0 Å². The number of hydrogen-bond acceptors (Lipinski definition) is 3. The molecule has 1 N–H and O–H groups in total. The summed E-state index contributed by atoms with van der Waals surface area (Å²) in [6, 6.07) is 13.0. The molecule has 0 aliphatic carbocycles. The van der Waals surface area contributed by atoms with Gasteiger partial charge in [0, 0.05) is 16.8 Å². The SMILES string of the molecule is N#CC(NC(=O)c1cccc(Cl)c1)c1ccccn1. The van der Waals surface area contributed by atoms with Crippen molar-refractivity contribution in [2.45, 2.75) is 6.04 Å². The summed E-state index contributed by atoms with van der Waals surface area (Å²) in [5.74, 6) is -0.361. The Balaban J connectivity index is 2.16. The number of benzene rings is 1. The first-order valence-electron chi connectivity index (χ1n) is 5.57. The maximum atomic E-state index is 12.0. The fourth-order valence-electron chi connectivity index (χ4n) is 1.56. The zero-order chi connectivity index (χ0) is 13.7. The third-order valence-corrected chi connectivity index (χ3v) is 2.71. The Hall–Kier alpha value is -2.38. The van der Waals surface area contributed by atoms with Gasteiger partial charge in [0.2, 0.25) is 0 Å². The minimum absolute atomic E-state index is 0.361.